The summed E-state index contributed by atoms with van der Waals surface area (Å²) < 4.78 is 1.79. The molecule has 26 heavy (non-hydrogen) atoms. The quantitative estimate of drug-likeness (QED) is 0.743. The summed E-state index contributed by atoms with van der Waals surface area (Å²) in [4.78, 5) is 23.0. The van der Waals surface area contributed by atoms with Crippen LogP contribution in [0, 0.1) is 0 Å². The minimum absolute atomic E-state index is 0.00163. The van der Waals surface area contributed by atoms with Crippen LogP contribution in [0.3, 0.4) is 0 Å². The lowest BCUT2D eigenvalue weighted by Crippen LogP contribution is -2.39. The van der Waals surface area contributed by atoms with Crippen molar-refractivity contribution in [2.24, 2.45) is 7.05 Å². The number of rotatable bonds is 3. The lowest BCUT2D eigenvalue weighted by Gasteiger charge is -2.34. The summed E-state index contributed by atoms with van der Waals surface area (Å²) in [5.74, 6) is 0.846. The molecule has 0 aliphatic carbocycles. The van der Waals surface area contributed by atoms with E-state index in [1.165, 1.54) is 0 Å². The van der Waals surface area contributed by atoms with Crippen LogP contribution in [-0.2, 0) is 7.05 Å². The third-order valence-electron chi connectivity index (χ3n) is 4.95. The van der Waals surface area contributed by atoms with E-state index in [9.17, 15) is 4.79 Å². The molecular formula is C20H21ClN4O. The SMILES string of the molecule is Cn1cc(Cl)cc1C(=O)N1CCCCC1c1ncc(-c2ccccc2)[nH]1. The summed E-state index contributed by atoms with van der Waals surface area (Å²) in [6.45, 7) is 0.730. The van der Waals surface area contributed by atoms with Gasteiger partial charge in [0.1, 0.15) is 11.5 Å². The van der Waals surface area contributed by atoms with Gasteiger partial charge in [0.05, 0.1) is 23.0 Å². The molecule has 1 N–H and O–H groups in total. The number of nitrogens with one attached hydrogen (secondary N) is 1. The van der Waals surface area contributed by atoms with Gasteiger partial charge in [0.2, 0.25) is 0 Å². The third kappa shape index (κ3) is 3.15. The van der Waals surface area contributed by atoms with Gasteiger partial charge in [-0.15, -0.1) is 0 Å². The number of carbonyl (C=O) groups excluding carboxylic acids is 1. The number of aryl methyl sites for hydroxylation is 1. The molecule has 1 saturated heterocycles. The zero-order valence-corrected chi connectivity index (χ0v) is 15.4. The average molecular weight is 369 g/mol. The van der Waals surface area contributed by atoms with E-state index in [0.29, 0.717) is 10.7 Å². The van der Waals surface area contributed by atoms with Gasteiger partial charge in [-0.2, -0.15) is 0 Å². The summed E-state index contributed by atoms with van der Waals surface area (Å²) >= 11 is 6.06. The molecule has 1 unspecified atom stereocenters. The van der Waals surface area contributed by atoms with Crippen molar-refractivity contribution in [2.45, 2.75) is 25.3 Å². The monoisotopic (exact) mass is 368 g/mol. The van der Waals surface area contributed by atoms with Gasteiger partial charge in [-0.1, -0.05) is 41.9 Å². The molecule has 1 aliphatic heterocycles. The van der Waals surface area contributed by atoms with Gasteiger partial charge in [0.15, 0.2) is 0 Å². The van der Waals surface area contributed by atoms with E-state index in [2.05, 4.69) is 9.97 Å². The fourth-order valence-electron chi connectivity index (χ4n) is 3.61. The van der Waals surface area contributed by atoms with Crippen molar-refractivity contribution >= 4 is 17.5 Å². The first-order valence-electron chi connectivity index (χ1n) is 8.86. The number of aromatic nitrogens is 3. The van der Waals surface area contributed by atoms with E-state index in [0.717, 1.165) is 42.9 Å². The summed E-state index contributed by atoms with van der Waals surface area (Å²) in [5, 5.41) is 0.578. The number of piperidine rings is 1. The van der Waals surface area contributed by atoms with Crippen molar-refractivity contribution in [1.82, 2.24) is 19.4 Å². The minimum Gasteiger partial charge on any atom is -0.345 e. The predicted molar refractivity (Wildman–Crippen MR) is 102 cm³/mol. The second-order valence-electron chi connectivity index (χ2n) is 6.71. The summed E-state index contributed by atoms with van der Waals surface area (Å²) in [6, 6.07) is 11.8. The molecule has 6 heteroatoms. The lowest BCUT2D eigenvalue weighted by atomic mass is 10.0. The molecule has 0 spiro atoms. The first kappa shape index (κ1) is 16.9. The molecule has 1 fully saturated rings. The number of carbonyl (C=O) groups is 1. The highest BCUT2D eigenvalue weighted by Gasteiger charge is 2.31. The van der Waals surface area contributed by atoms with Crippen LogP contribution in [0.15, 0.2) is 48.8 Å². The van der Waals surface area contributed by atoms with Crippen LogP contribution in [0.2, 0.25) is 5.02 Å². The lowest BCUT2D eigenvalue weighted by molar-refractivity contribution is 0.0591. The standard InChI is InChI=1S/C20H21ClN4O/c1-24-13-15(21)11-18(24)20(26)25-10-6-5-9-17(25)19-22-12-16(23-19)14-7-3-2-4-8-14/h2-4,7-8,11-13,17H,5-6,9-10H2,1H3,(H,22,23). The maximum Gasteiger partial charge on any atom is 0.271 e. The topological polar surface area (TPSA) is 53.9 Å². The highest BCUT2D eigenvalue weighted by molar-refractivity contribution is 6.31. The van der Waals surface area contributed by atoms with Gasteiger partial charge in [-0.3, -0.25) is 4.79 Å². The van der Waals surface area contributed by atoms with Crippen LogP contribution < -0.4 is 0 Å². The number of halogens is 1. The maximum absolute atomic E-state index is 13.1. The van der Waals surface area contributed by atoms with Crippen molar-refractivity contribution in [1.29, 1.82) is 0 Å². The second-order valence-corrected chi connectivity index (χ2v) is 7.15. The first-order chi connectivity index (χ1) is 12.6. The van der Waals surface area contributed by atoms with Crippen LogP contribution in [0.5, 0.6) is 0 Å². The van der Waals surface area contributed by atoms with Crippen molar-refractivity contribution in [2.75, 3.05) is 6.54 Å². The normalized spacial score (nSPS) is 17.5. The number of nitrogens with zero attached hydrogens (tertiary/aromatic N) is 3. The Labute approximate surface area is 157 Å². The molecule has 134 valence electrons. The minimum atomic E-state index is -0.0395. The molecule has 1 amide bonds. The smallest absolute Gasteiger partial charge is 0.271 e. The average Bonchev–Trinajstić information content (AvgIpc) is 3.28. The molecule has 0 radical (unpaired) electrons. The van der Waals surface area contributed by atoms with Gasteiger partial charge in [-0.25, -0.2) is 4.98 Å². The first-order valence-corrected chi connectivity index (χ1v) is 9.24. The molecule has 1 aromatic carbocycles. The van der Waals surface area contributed by atoms with Gasteiger partial charge in [0.25, 0.3) is 5.91 Å². The Balaban J connectivity index is 1.63. The molecule has 5 nitrogen and oxygen atoms in total. The molecule has 4 rings (SSSR count). The van der Waals surface area contributed by atoms with E-state index in [-0.39, 0.29) is 11.9 Å². The van der Waals surface area contributed by atoms with E-state index >= 15 is 0 Å². The van der Waals surface area contributed by atoms with Crippen LogP contribution in [0.4, 0.5) is 0 Å². The number of likely N-dealkylation sites (tertiary alicyclic amines) is 1. The Morgan fingerprint density at radius 2 is 2.08 bits per heavy atom. The maximum atomic E-state index is 13.1. The fourth-order valence-corrected chi connectivity index (χ4v) is 3.86. The molecule has 1 aliphatic rings. The predicted octanol–water partition coefficient (Wildman–Crippen LogP) is 4.44. The third-order valence-corrected chi connectivity index (χ3v) is 5.16. The van der Waals surface area contributed by atoms with Crippen molar-refractivity contribution < 1.29 is 4.79 Å². The van der Waals surface area contributed by atoms with Gasteiger partial charge < -0.3 is 14.5 Å². The summed E-state index contributed by atoms with van der Waals surface area (Å²) in [7, 11) is 1.85. The van der Waals surface area contributed by atoms with Gasteiger partial charge in [-0.05, 0) is 30.9 Å². The Hall–Kier alpha value is -2.53. The highest BCUT2D eigenvalue weighted by atomic mass is 35.5. The molecule has 0 saturated carbocycles. The number of imidazole rings is 1. The van der Waals surface area contributed by atoms with Crippen LogP contribution in [-0.4, -0.2) is 31.9 Å². The Bertz CT molecular complexity index is 915. The van der Waals surface area contributed by atoms with E-state index in [1.54, 1.807) is 16.8 Å². The zero-order chi connectivity index (χ0) is 18.1. The van der Waals surface area contributed by atoms with Gasteiger partial charge in [0, 0.05) is 19.8 Å². The van der Waals surface area contributed by atoms with Crippen molar-refractivity contribution in [3.05, 3.63) is 65.3 Å². The second kappa shape index (κ2) is 7.00. The molecule has 3 heterocycles. The fraction of sp³-hybridized carbons (Fsp3) is 0.300. The molecular weight excluding hydrogens is 348 g/mol. The molecule has 0 bridgehead atoms. The summed E-state index contributed by atoms with van der Waals surface area (Å²) in [6.07, 6.45) is 6.61. The van der Waals surface area contributed by atoms with E-state index in [4.69, 9.17) is 11.6 Å². The van der Waals surface area contributed by atoms with E-state index in [1.807, 2.05) is 48.5 Å². The zero-order valence-electron chi connectivity index (χ0n) is 14.7. The number of aromatic amines is 1. The van der Waals surface area contributed by atoms with Gasteiger partial charge >= 0.3 is 0 Å². The number of hydrogen-bond donors (Lipinski definition) is 1. The largest absolute Gasteiger partial charge is 0.345 e. The number of amides is 1. The Morgan fingerprint density at radius 3 is 2.81 bits per heavy atom. The van der Waals surface area contributed by atoms with Crippen LogP contribution in [0.1, 0.15) is 41.6 Å². The van der Waals surface area contributed by atoms with Crippen LogP contribution >= 0.6 is 11.6 Å². The summed E-state index contributed by atoms with van der Waals surface area (Å²) in [5.41, 5.74) is 2.67. The Kier molecular flexibility index (Phi) is 4.55. The van der Waals surface area contributed by atoms with Crippen LogP contribution in [0.25, 0.3) is 11.3 Å². The van der Waals surface area contributed by atoms with E-state index < -0.39 is 0 Å². The number of H-pyrrole nitrogens is 1. The Morgan fingerprint density at radius 1 is 1.27 bits per heavy atom. The number of hydrogen-bond acceptors (Lipinski definition) is 2. The van der Waals surface area contributed by atoms with Crippen molar-refractivity contribution in [3.8, 4) is 11.3 Å². The molecule has 3 aromatic rings. The molecule has 2 aromatic heterocycles. The highest BCUT2D eigenvalue weighted by Crippen LogP contribution is 2.32. The number of benzene rings is 1. The van der Waals surface area contributed by atoms with Crippen molar-refractivity contribution in [3.63, 3.8) is 0 Å². The molecule has 1 atom stereocenters.